The zero-order valence-corrected chi connectivity index (χ0v) is 16.7. The van der Waals surface area contributed by atoms with Crippen LogP contribution in [0.5, 0.6) is 0 Å². The van der Waals surface area contributed by atoms with Crippen molar-refractivity contribution in [2.45, 2.75) is 36.4 Å². The summed E-state index contributed by atoms with van der Waals surface area (Å²) in [5, 5.41) is 1.34. The van der Waals surface area contributed by atoms with Gasteiger partial charge in [0.15, 0.2) is 0 Å². The largest absolute Gasteiger partial charge is 0.466 e. The van der Waals surface area contributed by atoms with Crippen LogP contribution in [0.1, 0.15) is 23.6 Å². The molecule has 0 radical (unpaired) electrons. The fourth-order valence-corrected chi connectivity index (χ4v) is 4.06. The number of pyridine rings is 1. The van der Waals surface area contributed by atoms with E-state index in [-0.39, 0.29) is 13.0 Å². The van der Waals surface area contributed by atoms with Gasteiger partial charge in [0.1, 0.15) is 0 Å². The number of nitrogens with zero attached hydrogens (tertiary/aromatic N) is 1. The first kappa shape index (κ1) is 20.6. The van der Waals surface area contributed by atoms with E-state index >= 15 is 0 Å². The summed E-state index contributed by atoms with van der Waals surface area (Å²) in [7, 11) is 0. The minimum atomic E-state index is -4.47. The molecule has 0 unspecified atom stereocenters. The summed E-state index contributed by atoms with van der Waals surface area (Å²) < 4.78 is 46.3. The molecule has 28 heavy (non-hydrogen) atoms. The average Bonchev–Trinajstić information content (AvgIpc) is 2.88. The molecule has 0 bridgehead atoms. The van der Waals surface area contributed by atoms with Crippen molar-refractivity contribution in [2.75, 3.05) is 6.61 Å². The van der Waals surface area contributed by atoms with Gasteiger partial charge in [0.05, 0.1) is 29.1 Å². The van der Waals surface area contributed by atoms with E-state index in [1.807, 2.05) is 12.1 Å². The molecule has 0 aliphatic carbocycles. The van der Waals surface area contributed by atoms with Crippen LogP contribution in [0.15, 0.2) is 52.5 Å². The SMILES string of the molecule is CCOC(=O)Cc1c(C)c(Sc2ccc(Cl)cc2)n2ccc(C(F)(F)F)cc12. The van der Waals surface area contributed by atoms with Crippen molar-refractivity contribution >= 4 is 34.8 Å². The second kappa shape index (κ2) is 8.09. The number of esters is 1. The quantitative estimate of drug-likeness (QED) is 0.456. The Hall–Kier alpha value is -2.12. The van der Waals surface area contributed by atoms with Gasteiger partial charge in [-0.1, -0.05) is 23.4 Å². The van der Waals surface area contributed by atoms with Gasteiger partial charge in [0, 0.05) is 16.1 Å². The number of ether oxygens (including phenoxy) is 1. The molecule has 3 nitrogen and oxygen atoms in total. The number of halogens is 4. The summed E-state index contributed by atoms with van der Waals surface area (Å²) in [5.74, 6) is -0.474. The van der Waals surface area contributed by atoms with Crippen LogP contribution >= 0.6 is 23.4 Å². The van der Waals surface area contributed by atoms with Gasteiger partial charge in [-0.3, -0.25) is 4.79 Å². The van der Waals surface area contributed by atoms with E-state index < -0.39 is 17.7 Å². The molecule has 3 rings (SSSR count). The van der Waals surface area contributed by atoms with E-state index in [9.17, 15) is 18.0 Å². The molecule has 0 amide bonds. The maximum absolute atomic E-state index is 13.2. The van der Waals surface area contributed by atoms with Crippen molar-refractivity contribution < 1.29 is 22.7 Å². The monoisotopic (exact) mass is 427 g/mol. The van der Waals surface area contributed by atoms with Gasteiger partial charge >= 0.3 is 12.1 Å². The fraction of sp³-hybridized carbons (Fsp3) is 0.250. The van der Waals surface area contributed by atoms with E-state index in [0.717, 1.165) is 27.6 Å². The van der Waals surface area contributed by atoms with Gasteiger partial charge in [-0.15, -0.1) is 0 Å². The third-order valence-corrected chi connectivity index (χ3v) is 5.69. The molecule has 0 N–H and O–H groups in total. The van der Waals surface area contributed by atoms with Crippen LogP contribution in [-0.4, -0.2) is 17.0 Å². The first-order chi connectivity index (χ1) is 13.2. The van der Waals surface area contributed by atoms with E-state index in [4.69, 9.17) is 16.3 Å². The highest BCUT2D eigenvalue weighted by Crippen LogP contribution is 2.38. The summed E-state index contributed by atoms with van der Waals surface area (Å²) in [6.45, 7) is 3.70. The number of carbonyl (C=O) groups is 1. The Labute approximate surface area is 169 Å². The molecule has 0 spiro atoms. The van der Waals surface area contributed by atoms with Crippen molar-refractivity contribution in [1.29, 1.82) is 0 Å². The Balaban J connectivity index is 2.13. The third kappa shape index (κ3) is 4.31. The molecule has 0 fully saturated rings. The molecule has 148 valence electrons. The number of fused-ring (bicyclic) bond motifs is 1. The second-order valence-corrected chi connectivity index (χ2v) is 7.61. The normalized spacial score (nSPS) is 11.8. The Morgan fingerprint density at radius 1 is 1.21 bits per heavy atom. The molecule has 2 aromatic heterocycles. The number of rotatable bonds is 5. The third-order valence-electron chi connectivity index (χ3n) is 4.24. The molecule has 8 heteroatoms. The topological polar surface area (TPSA) is 30.7 Å². The van der Waals surface area contributed by atoms with Crippen LogP contribution in [0.3, 0.4) is 0 Å². The number of alkyl halides is 3. The van der Waals surface area contributed by atoms with Crippen molar-refractivity contribution in [3.05, 3.63) is 64.3 Å². The Bertz CT molecular complexity index is 1010. The number of aromatic nitrogens is 1. The first-order valence-electron chi connectivity index (χ1n) is 8.50. The lowest BCUT2D eigenvalue weighted by Gasteiger charge is -2.09. The Morgan fingerprint density at radius 3 is 2.50 bits per heavy atom. The average molecular weight is 428 g/mol. The standard InChI is InChI=1S/C20H17ClF3NO2S/c1-3-27-18(26)11-16-12(2)19(28-15-6-4-14(21)5-7-15)25-9-8-13(10-17(16)25)20(22,23)24/h4-10H,3,11H2,1-2H3. The maximum Gasteiger partial charge on any atom is 0.416 e. The smallest absolute Gasteiger partial charge is 0.416 e. The first-order valence-corrected chi connectivity index (χ1v) is 9.70. The van der Waals surface area contributed by atoms with E-state index in [1.54, 1.807) is 30.4 Å². The molecule has 1 aromatic carbocycles. The highest BCUT2D eigenvalue weighted by Gasteiger charge is 2.31. The van der Waals surface area contributed by atoms with Crippen molar-refractivity contribution in [3.8, 4) is 0 Å². The fourth-order valence-electron chi connectivity index (χ4n) is 2.91. The molecule has 0 saturated carbocycles. The minimum Gasteiger partial charge on any atom is -0.466 e. The highest BCUT2D eigenvalue weighted by molar-refractivity contribution is 7.99. The zero-order chi connectivity index (χ0) is 20.5. The van der Waals surface area contributed by atoms with Crippen molar-refractivity contribution in [2.24, 2.45) is 0 Å². The number of hydrogen-bond donors (Lipinski definition) is 0. The second-order valence-electron chi connectivity index (χ2n) is 6.11. The highest BCUT2D eigenvalue weighted by atomic mass is 35.5. The molecule has 3 aromatic rings. The van der Waals surface area contributed by atoms with Gasteiger partial charge in [-0.2, -0.15) is 13.2 Å². The van der Waals surface area contributed by atoms with Crippen molar-refractivity contribution in [3.63, 3.8) is 0 Å². The van der Waals surface area contributed by atoms with Crippen LogP contribution < -0.4 is 0 Å². The summed E-state index contributed by atoms with van der Waals surface area (Å²) in [5.41, 5.74) is 0.857. The number of carbonyl (C=O) groups excluding carboxylic acids is 1. The minimum absolute atomic E-state index is 0.0916. The molecule has 0 atom stereocenters. The van der Waals surface area contributed by atoms with Gasteiger partial charge in [-0.25, -0.2) is 0 Å². The van der Waals surface area contributed by atoms with Crippen molar-refractivity contribution in [1.82, 2.24) is 4.40 Å². The Morgan fingerprint density at radius 2 is 1.89 bits per heavy atom. The molecular weight excluding hydrogens is 411 g/mol. The van der Waals surface area contributed by atoms with Gasteiger partial charge in [0.2, 0.25) is 0 Å². The van der Waals surface area contributed by atoms with Gasteiger partial charge in [0.25, 0.3) is 0 Å². The van der Waals surface area contributed by atoms with Crippen LogP contribution in [-0.2, 0) is 22.1 Å². The lowest BCUT2D eigenvalue weighted by molar-refractivity contribution is -0.142. The van der Waals surface area contributed by atoms with Crippen LogP contribution in [0.2, 0.25) is 5.02 Å². The van der Waals surface area contributed by atoms with E-state index in [1.165, 1.54) is 18.0 Å². The lowest BCUT2D eigenvalue weighted by atomic mass is 10.1. The predicted octanol–water partition coefficient (Wildman–Crippen LogP) is 6.18. The van der Waals surface area contributed by atoms with Crippen LogP contribution in [0, 0.1) is 6.92 Å². The molecular formula is C20H17ClF3NO2S. The summed E-state index contributed by atoms with van der Waals surface area (Å²) in [4.78, 5) is 12.9. The molecule has 0 saturated heterocycles. The molecule has 0 aliphatic rings. The van der Waals surface area contributed by atoms with Gasteiger partial charge in [-0.05, 0) is 61.4 Å². The van der Waals surface area contributed by atoms with Crippen LogP contribution in [0.4, 0.5) is 13.2 Å². The van der Waals surface area contributed by atoms with E-state index in [0.29, 0.717) is 16.1 Å². The number of hydrogen-bond acceptors (Lipinski definition) is 3. The molecule has 2 heterocycles. The molecule has 0 aliphatic heterocycles. The zero-order valence-electron chi connectivity index (χ0n) is 15.1. The summed E-state index contributed by atoms with van der Waals surface area (Å²) in [6, 6.07) is 9.27. The predicted molar refractivity (Wildman–Crippen MR) is 103 cm³/mol. The van der Waals surface area contributed by atoms with Crippen LogP contribution in [0.25, 0.3) is 5.52 Å². The maximum atomic E-state index is 13.2. The lowest BCUT2D eigenvalue weighted by Crippen LogP contribution is -2.09. The summed E-state index contributed by atoms with van der Waals surface area (Å²) in [6.07, 6.45) is -3.17. The van der Waals surface area contributed by atoms with E-state index in [2.05, 4.69) is 0 Å². The Kier molecular flexibility index (Phi) is 5.95. The van der Waals surface area contributed by atoms with Gasteiger partial charge < -0.3 is 9.14 Å². The number of benzene rings is 1. The summed E-state index contributed by atoms with van der Waals surface area (Å²) >= 11 is 7.32.